The van der Waals surface area contributed by atoms with Crippen LogP contribution in [0.25, 0.3) is 0 Å². The monoisotopic (exact) mass is 230 g/mol. The van der Waals surface area contributed by atoms with Crippen LogP contribution in [-0.4, -0.2) is 17.4 Å². The molecule has 0 aromatic heterocycles. The first-order chi connectivity index (χ1) is 7.11. The maximum absolute atomic E-state index is 12.7. The minimum atomic E-state index is -2.41. The molecule has 0 saturated heterocycles. The summed E-state index contributed by atoms with van der Waals surface area (Å²) in [5.41, 5.74) is 0.708. The lowest BCUT2D eigenvalue weighted by molar-refractivity contribution is -0.152. The number of esters is 1. The molecule has 0 bridgehead atoms. The molecule has 15 heavy (non-hydrogen) atoms. The quantitative estimate of drug-likeness (QED) is 0.450. The third kappa shape index (κ3) is 3.67. The van der Waals surface area contributed by atoms with Gasteiger partial charge in [0.2, 0.25) is 0 Å². The molecule has 0 amide bonds. The lowest BCUT2D eigenvalue weighted by Crippen LogP contribution is -2.24. The molecule has 0 spiro atoms. The Bertz CT molecular complexity index is 353. The second kappa shape index (κ2) is 5.46. The number of alkyl halides is 1. The van der Waals surface area contributed by atoms with Crippen molar-refractivity contribution in [1.82, 2.24) is 0 Å². The summed E-state index contributed by atoms with van der Waals surface area (Å²) in [6.07, 6.45) is -2.41. The van der Waals surface area contributed by atoms with E-state index in [2.05, 4.69) is 4.74 Å². The number of rotatable bonds is 4. The highest BCUT2D eigenvalue weighted by Gasteiger charge is 2.25. The van der Waals surface area contributed by atoms with Gasteiger partial charge in [0.25, 0.3) is 11.4 Å². The van der Waals surface area contributed by atoms with Gasteiger partial charge < -0.3 is 4.74 Å². The highest BCUT2D eigenvalue weighted by molar-refractivity contribution is 6.66. The minimum Gasteiger partial charge on any atom is -0.458 e. The van der Waals surface area contributed by atoms with Gasteiger partial charge in [-0.1, -0.05) is 30.3 Å². The van der Waals surface area contributed by atoms with Crippen molar-refractivity contribution < 1.29 is 18.7 Å². The molecule has 0 heterocycles. The third-order valence-electron chi connectivity index (χ3n) is 1.63. The number of hydrogen-bond acceptors (Lipinski definition) is 3. The van der Waals surface area contributed by atoms with Gasteiger partial charge in [0.15, 0.2) is 0 Å². The average Bonchev–Trinajstić information content (AvgIpc) is 2.26. The number of hydrogen-bond donors (Lipinski definition) is 0. The zero-order chi connectivity index (χ0) is 11.3. The van der Waals surface area contributed by atoms with E-state index in [0.29, 0.717) is 5.56 Å². The highest BCUT2D eigenvalue weighted by Crippen LogP contribution is 2.05. The van der Waals surface area contributed by atoms with Gasteiger partial charge >= 0.3 is 5.97 Å². The van der Waals surface area contributed by atoms with E-state index >= 15 is 0 Å². The lowest BCUT2D eigenvalue weighted by Gasteiger charge is -2.05. The fourth-order valence-corrected chi connectivity index (χ4v) is 0.984. The van der Waals surface area contributed by atoms with Crippen molar-refractivity contribution in [3.63, 3.8) is 0 Å². The van der Waals surface area contributed by atoms with Gasteiger partial charge in [-0.3, -0.25) is 4.79 Å². The first-order valence-electron chi connectivity index (χ1n) is 4.15. The Labute approximate surface area is 90.8 Å². The van der Waals surface area contributed by atoms with Crippen LogP contribution in [-0.2, 0) is 20.9 Å². The zero-order valence-electron chi connectivity index (χ0n) is 7.65. The van der Waals surface area contributed by atoms with Crippen molar-refractivity contribution in [1.29, 1.82) is 0 Å². The van der Waals surface area contributed by atoms with Crippen LogP contribution in [0.1, 0.15) is 5.56 Å². The van der Waals surface area contributed by atoms with Crippen molar-refractivity contribution in [2.75, 3.05) is 0 Å². The van der Waals surface area contributed by atoms with Crippen molar-refractivity contribution in [3.8, 4) is 0 Å². The Balaban J connectivity index is 2.44. The predicted molar refractivity (Wildman–Crippen MR) is 52.0 cm³/mol. The van der Waals surface area contributed by atoms with Crippen LogP contribution in [0.4, 0.5) is 4.39 Å². The molecule has 0 saturated carbocycles. The number of benzene rings is 1. The Kier molecular flexibility index (Phi) is 4.24. The van der Waals surface area contributed by atoms with Gasteiger partial charge in [-0.2, -0.15) is 0 Å². The lowest BCUT2D eigenvalue weighted by atomic mass is 10.2. The number of carbonyl (C=O) groups is 2. The molecule has 5 heteroatoms. The van der Waals surface area contributed by atoms with E-state index in [1.807, 2.05) is 0 Å². The molecule has 3 nitrogen and oxygen atoms in total. The Morgan fingerprint density at radius 1 is 1.33 bits per heavy atom. The molecule has 0 aliphatic heterocycles. The van der Waals surface area contributed by atoms with Crippen molar-refractivity contribution >= 4 is 22.8 Å². The second-order valence-electron chi connectivity index (χ2n) is 2.76. The molecule has 0 aliphatic carbocycles. The molecule has 0 aliphatic rings. The molecular formula is C10H8ClFO3. The summed E-state index contributed by atoms with van der Waals surface area (Å²) in [6, 6.07) is 8.73. The van der Waals surface area contributed by atoms with E-state index in [-0.39, 0.29) is 6.61 Å². The van der Waals surface area contributed by atoms with Crippen LogP contribution in [0, 0.1) is 0 Å². The van der Waals surface area contributed by atoms with Gasteiger partial charge in [0.1, 0.15) is 6.61 Å². The van der Waals surface area contributed by atoms with E-state index in [1.165, 1.54) is 0 Å². The molecule has 0 radical (unpaired) electrons. The topological polar surface area (TPSA) is 43.4 Å². The van der Waals surface area contributed by atoms with E-state index in [4.69, 9.17) is 11.6 Å². The Morgan fingerprint density at radius 3 is 2.47 bits per heavy atom. The van der Waals surface area contributed by atoms with Gasteiger partial charge in [0, 0.05) is 0 Å². The summed E-state index contributed by atoms with van der Waals surface area (Å²) in [5.74, 6) is -1.26. The fourth-order valence-electron chi connectivity index (χ4n) is 0.895. The SMILES string of the molecule is O=C(Cl)[C@H](F)C(=O)OCc1ccccc1. The second-order valence-corrected chi connectivity index (χ2v) is 3.13. The molecule has 1 aromatic carbocycles. The van der Waals surface area contributed by atoms with Crippen LogP contribution < -0.4 is 0 Å². The molecule has 1 aromatic rings. The van der Waals surface area contributed by atoms with Crippen LogP contribution in [0.15, 0.2) is 30.3 Å². The molecule has 1 atom stereocenters. The van der Waals surface area contributed by atoms with Gasteiger partial charge in [-0.05, 0) is 17.2 Å². The summed E-state index contributed by atoms with van der Waals surface area (Å²) in [7, 11) is 0. The van der Waals surface area contributed by atoms with E-state index in [9.17, 15) is 14.0 Å². The summed E-state index contributed by atoms with van der Waals surface area (Å²) < 4.78 is 17.2. The molecule has 0 fully saturated rings. The van der Waals surface area contributed by atoms with Crippen LogP contribution >= 0.6 is 11.6 Å². The van der Waals surface area contributed by atoms with Gasteiger partial charge in [-0.15, -0.1) is 0 Å². The number of ether oxygens (including phenoxy) is 1. The normalized spacial score (nSPS) is 11.9. The summed E-state index contributed by atoms with van der Waals surface area (Å²) in [5, 5.41) is -1.37. The van der Waals surface area contributed by atoms with Crippen molar-refractivity contribution in [2.45, 2.75) is 12.8 Å². The van der Waals surface area contributed by atoms with E-state index in [0.717, 1.165) is 0 Å². The first-order valence-corrected chi connectivity index (χ1v) is 4.53. The van der Waals surface area contributed by atoms with Gasteiger partial charge in [0.05, 0.1) is 0 Å². The van der Waals surface area contributed by atoms with Crippen LogP contribution in [0.3, 0.4) is 0 Å². The minimum absolute atomic E-state index is 0.0791. The van der Waals surface area contributed by atoms with Crippen molar-refractivity contribution in [2.24, 2.45) is 0 Å². The highest BCUT2D eigenvalue weighted by atomic mass is 35.5. The fraction of sp³-hybridized carbons (Fsp3) is 0.200. The van der Waals surface area contributed by atoms with Crippen LogP contribution in [0.2, 0.25) is 0 Å². The molecule has 80 valence electrons. The van der Waals surface area contributed by atoms with Crippen LogP contribution in [0.5, 0.6) is 0 Å². The molecule has 0 N–H and O–H groups in total. The molecular weight excluding hydrogens is 223 g/mol. The Morgan fingerprint density at radius 2 is 1.93 bits per heavy atom. The smallest absolute Gasteiger partial charge is 0.350 e. The van der Waals surface area contributed by atoms with E-state index in [1.54, 1.807) is 30.3 Å². The summed E-state index contributed by atoms with van der Waals surface area (Å²) >= 11 is 4.79. The first kappa shape index (κ1) is 11.7. The molecule has 0 unspecified atom stereocenters. The predicted octanol–water partition coefficient (Wildman–Crippen LogP) is 1.83. The maximum atomic E-state index is 12.7. The average molecular weight is 231 g/mol. The zero-order valence-corrected chi connectivity index (χ0v) is 8.41. The number of carbonyl (C=O) groups excluding carboxylic acids is 2. The van der Waals surface area contributed by atoms with E-state index < -0.39 is 17.4 Å². The Hall–Kier alpha value is -1.42. The van der Waals surface area contributed by atoms with Gasteiger partial charge in [-0.25, -0.2) is 9.18 Å². The summed E-state index contributed by atoms with van der Waals surface area (Å²) in [4.78, 5) is 21.1. The standard InChI is InChI=1S/C10H8ClFO3/c11-9(13)8(12)10(14)15-6-7-4-2-1-3-5-7/h1-5,8H,6H2/t8-/m0/s1. The number of halogens is 2. The van der Waals surface area contributed by atoms with Crippen molar-refractivity contribution in [3.05, 3.63) is 35.9 Å². The summed E-state index contributed by atoms with van der Waals surface area (Å²) in [6.45, 7) is -0.0791. The molecule has 1 rings (SSSR count). The maximum Gasteiger partial charge on any atom is 0.350 e. The third-order valence-corrected chi connectivity index (χ3v) is 1.82. The largest absolute Gasteiger partial charge is 0.458 e.